The molecule has 1 saturated carbocycles. The molecular formula is C22H31NO3. The summed E-state index contributed by atoms with van der Waals surface area (Å²) in [6.07, 6.45) is 11.4. The zero-order valence-corrected chi connectivity index (χ0v) is 16.4. The molecule has 3 aliphatic rings. The molecule has 142 valence electrons. The van der Waals surface area contributed by atoms with Crippen molar-refractivity contribution in [2.24, 2.45) is 22.5 Å². The van der Waals surface area contributed by atoms with Gasteiger partial charge in [0.05, 0.1) is 6.61 Å². The molecule has 0 aliphatic heterocycles. The Bertz CT molecular complexity index is 719. The number of ether oxygens (including phenoxy) is 1. The van der Waals surface area contributed by atoms with Gasteiger partial charge in [0.2, 0.25) is 0 Å². The van der Waals surface area contributed by atoms with E-state index in [4.69, 9.17) is 10.5 Å². The van der Waals surface area contributed by atoms with E-state index in [1.807, 2.05) is 13.0 Å². The molecule has 0 aromatic heterocycles. The summed E-state index contributed by atoms with van der Waals surface area (Å²) in [6.45, 7) is 6.80. The third kappa shape index (κ3) is 2.74. The Morgan fingerprint density at radius 3 is 2.65 bits per heavy atom. The average molecular weight is 357 g/mol. The van der Waals surface area contributed by atoms with Crippen molar-refractivity contribution in [3.63, 3.8) is 0 Å². The van der Waals surface area contributed by atoms with Gasteiger partial charge in [0.1, 0.15) is 5.78 Å². The van der Waals surface area contributed by atoms with Gasteiger partial charge in [0.15, 0.2) is 5.78 Å². The van der Waals surface area contributed by atoms with Crippen molar-refractivity contribution in [1.29, 1.82) is 0 Å². The first-order valence-corrected chi connectivity index (χ1v) is 9.75. The van der Waals surface area contributed by atoms with E-state index in [1.165, 1.54) is 5.57 Å². The third-order valence-corrected chi connectivity index (χ3v) is 7.16. The molecule has 0 aromatic rings. The van der Waals surface area contributed by atoms with Gasteiger partial charge in [-0.3, -0.25) is 9.59 Å². The minimum atomic E-state index is -0.502. The zero-order valence-electron chi connectivity index (χ0n) is 16.4. The van der Waals surface area contributed by atoms with Gasteiger partial charge < -0.3 is 10.5 Å². The van der Waals surface area contributed by atoms with E-state index in [9.17, 15) is 9.59 Å². The fraction of sp³-hybridized carbons (Fsp3) is 0.636. The Kier molecular flexibility index (Phi) is 4.87. The molecule has 26 heavy (non-hydrogen) atoms. The van der Waals surface area contributed by atoms with E-state index >= 15 is 0 Å². The molecule has 0 aromatic carbocycles. The van der Waals surface area contributed by atoms with Crippen LogP contribution in [-0.4, -0.2) is 30.8 Å². The van der Waals surface area contributed by atoms with Crippen LogP contribution in [0.1, 0.15) is 52.9 Å². The van der Waals surface area contributed by atoms with Gasteiger partial charge in [-0.2, -0.15) is 0 Å². The minimum absolute atomic E-state index is 0.0386. The van der Waals surface area contributed by atoms with Gasteiger partial charge in [-0.25, -0.2) is 0 Å². The van der Waals surface area contributed by atoms with Gasteiger partial charge in [-0.1, -0.05) is 38.5 Å². The largest absolute Gasteiger partial charge is 0.384 e. The van der Waals surface area contributed by atoms with Crippen LogP contribution in [-0.2, 0) is 14.3 Å². The summed E-state index contributed by atoms with van der Waals surface area (Å²) in [5.74, 6) is 0.532. The molecule has 0 unspecified atom stereocenters. The highest BCUT2D eigenvalue weighted by atomic mass is 16.5. The number of rotatable bonds is 7. The molecule has 2 N–H and O–H groups in total. The highest BCUT2D eigenvalue weighted by molar-refractivity contribution is 6.02. The van der Waals surface area contributed by atoms with Crippen LogP contribution >= 0.6 is 0 Å². The van der Waals surface area contributed by atoms with E-state index in [0.29, 0.717) is 19.4 Å². The molecule has 3 rings (SSSR count). The fourth-order valence-corrected chi connectivity index (χ4v) is 4.91. The second-order valence-electron chi connectivity index (χ2n) is 8.38. The molecule has 4 heteroatoms. The standard InChI is InChI=1S/C22H31NO3/c1-5-15(14-26-4)18-11-17(24)7-9-21(18)12-16(21)13-22(23)10-8-19(25)20(22,3)6-2/h7,9,11-12,15H,5-6,8,10,13-14,23H2,1-4H3/t15-,20-,21+,22-/m1/s1. The van der Waals surface area contributed by atoms with Crippen LogP contribution in [0, 0.1) is 16.7 Å². The quantitative estimate of drug-likeness (QED) is 0.708. The molecule has 0 amide bonds. The lowest BCUT2D eigenvalue weighted by Gasteiger charge is -2.40. The molecule has 0 bridgehead atoms. The lowest BCUT2D eigenvalue weighted by molar-refractivity contribution is -0.127. The summed E-state index contributed by atoms with van der Waals surface area (Å²) in [5, 5.41) is 0. The van der Waals surface area contributed by atoms with E-state index in [1.54, 1.807) is 19.3 Å². The maximum absolute atomic E-state index is 12.5. The SMILES string of the molecule is CC[C@H](COC)C1=CC(=O)C=C[C@@]12C=C2C[C@]1(N)CCC(=O)[C@@]1(C)CC. The third-order valence-electron chi connectivity index (χ3n) is 7.16. The Morgan fingerprint density at radius 1 is 1.31 bits per heavy atom. The van der Waals surface area contributed by atoms with Crippen LogP contribution in [0.3, 0.4) is 0 Å². The second kappa shape index (κ2) is 6.58. The summed E-state index contributed by atoms with van der Waals surface area (Å²) < 4.78 is 5.39. The van der Waals surface area contributed by atoms with E-state index in [2.05, 4.69) is 19.9 Å². The van der Waals surface area contributed by atoms with E-state index in [0.717, 1.165) is 24.8 Å². The first-order chi connectivity index (χ1) is 12.3. The van der Waals surface area contributed by atoms with E-state index in [-0.39, 0.29) is 22.9 Å². The zero-order chi connectivity index (χ0) is 19.2. The molecular weight excluding hydrogens is 326 g/mol. The van der Waals surface area contributed by atoms with Gasteiger partial charge in [0.25, 0.3) is 0 Å². The summed E-state index contributed by atoms with van der Waals surface area (Å²) in [6, 6.07) is 0. The highest BCUT2D eigenvalue weighted by Gasteiger charge is 2.58. The number of allylic oxidation sites excluding steroid dienone is 4. The predicted molar refractivity (Wildman–Crippen MR) is 103 cm³/mol. The molecule has 4 nitrogen and oxygen atoms in total. The maximum Gasteiger partial charge on any atom is 0.178 e. The summed E-state index contributed by atoms with van der Waals surface area (Å²) in [4.78, 5) is 24.5. The van der Waals surface area contributed by atoms with Crippen molar-refractivity contribution >= 4 is 11.6 Å². The van der Waals surface area contributed by atoms with Crippen LogP contribution in [0.25, 0.3) is 0 Å². The van der Waals surface area contributed by atoms with E-state index < -0.39 is 11.0 Å². The van der Waals surface area contributed by atoms with Crippen LogP contribution in [0.2, 0.25) is 0 Å². The Balaban J connectivity index is 1.85. The molecule has 4 atom stereocenters. The number of methoxy groups -OCH3 is 1. The first kappa shape index (κ1) is 19.2. The summed E-state index contributed by atoms with van der Waals surface area (Å²) >= 11 is 0. The predicted octanol–water partition coefficient (Wildman–Crippen LogP) is 3.52. The van der Waals surface area contributed by atoms with Crippen LogP contribution in [0.15, 0.2) is 35.5 Å². The molecule has 0 heterocycles. The topological polar surface area (TPSA) is 69.4 Å². The molecule has 0 saturated heterocycles. The van der Waals surface area contributed by atoms with Gasteiger partial charge in [-0.15, -0.1) is 0 Å². The van der Waals surface area contributed by atoms with Gasteiger partial charge >= 0.3 is 0 Å². The second-order valence-corrected chi connectivity index (χ2v) is 8.38. The Morgan fingerprint density at radius 2 is 2.04 bits per heavy atom. The number of hydrogen-bond donors (Lipinski definition) is 1. The van der Waals surface area contributed by atoms with Crippen LogP contribution in [0.5, 0.6) is 0 Å². The fourth-order valence-electron chi connectivity index (χ4n) is 4.91. The lowest BCUT2D eigenvalue weighted by atomic mass is 9.67. The average Bonchev–Trinajstić information content (AvgIpc) is 3.25. The molecule has 3 aliphatic carbocycles. The summed E-state index contributed by atoms with van der Waals surface area (Å²) in [7, 11) is 1.70. The monoisotopic (exact) mass is 357 g/mol. The Hall–Kier alpha value is -1.52. The molecule has 0 radical (unpaired) electrons. The minimum Gasteiger partial charge on any atom is -0.384 e. The van der Waals surface area contributed by atoms with Crippen LogP contribution < -0.4 is 5.73 Å². The molecule has 1 fully saturated rings. The smallest absolute Gasteiger partial charge is 0.178 e. The van der Waals surface area contributed by atoms with Gasteiger partial charge in [-0.05, 0) is 43.4 Å². The first-order valence-electron chi connectivity index (χ1n) is 9.75. The summed E-state index contributed by atoms with van der Waals surface area (Å²) in [5.41, 5.74) is 7.95. The van der Waals surface area contributed by atoms with Crippen molar-refractivity contribution in [2.75, 3.05) is 13.7 Å². The van der Waals surface area contributed by atoms with Gasteiger partial charge in [0, 0.05) is 35.8 Å². The number of hydrogen-bond acceptors (Lipinski definition) is 4. The van der Waals surface area contributed by atoms with Crippen molar-refractivity contribution in [2.45, 2.75) is 58.4 Å². The van der Waals surface area contributed by atoms with Crippen molar-refractivity contribution in [3.8, 4) is 0 Å². The number of carbonyl (C=O) groups excluding carboxylic acids is 2. The highest BCUT2D eigenvalue weighted by Crippen LogP contribution is 2.60. The van der Waals surface area contributed by atoms with Crippen LogP contribution in [0.4, 0.5) is 0 Å². The van der Waals surface area contributed by atoms with Crippen molar-refractivity contribution in [3.05, 3.63) is 35.5 Å². The number of nitrogens with two attached hydrogens (primary N) is 1. The molecule has 1 spiro atoms. The normalized spacial score (nSPS) is 37.1. The van der Waals surface area contributed by atoms with Crippen molar-refractivity contribution in [1.82, 2.24) is 0 Å². The lowest BCUT2D eigenvalue weighted by Crippen LogP contribution is -2.52. The van der Waals surface area contributed by atoms with Crippen molar-refractivity contribution < 1.29 is 14.3 Å². The number of Topliss-reactive ketones (excluding diaryl/α,β-unsaturated/α-hetero) is 1. The Labute approximate surface area is 156 Å². The number of ketones is 2. The number of carbonyl (C=O) groups is 2. The maximum atomic E-state index is 12.5.